The van der Waals surface area contributed by atoms with Crippen molar-refractivity contribution < 1.29 is 19.8 Å². The van der Waals surface area contributed by atoms with Gasteiger partial charge in [-0.05, 0) is 13.3 Å². The van der Waals surface area contributed by atoms with Gasteiger partial charge in [0.15, 0.2) is 0 Å². The van der Waals surface area contributed by atoms with Crippen LogP contribution in [0.3, 0.4) is 0 Å². The zero-order chi connectivity index (χ0) is 9.72. The molecule has 0 aliphatic rings. The summed E-state index contributed by atoms with van der Waals surface area (Å²) in [6.45, 7) is 3.09. The zero-order valence-corrected chi connectivity index (χ0v) is 7.07. The molecule has 0 heterocycles. The number of carboxylic acids is 2. The van der Waals surface area contributed by atoms with Gasteiger partial charge in [-0.15, -0.1) is 0 Å². The minimum Gasteiger partial charge on any atom is -0.480 e. The summed E-state index contributed by atoms with van der Waals surface area (Å²) >= 11 is 0. The average Bonchev–Trinajstić information content (AvgIpc) is 1.98. The van der Waals surface area contributed by atoms with Crippen LogP contribution in [0.25, 0.3) is 0 Å². The van der Waals surface area contributed by atoms with Gasteiger partial charge in [0.1, 0.15) is 12.1 Å². The van der Waals surface area contributed by atoms with Crippen molar-refractivity contribution in [3.8, 4) is 0 Å². The number of carboxylic acid groups (broad SMARTS) is 2. The first kappa shape index (κ1) is 10.9. The quantitative estimate of drug-likeness (QED) is 0.543. The minimum absolute atomic E-state index is 0.368. The van der Waals surface area contributed by atoms with Gasteiger partial charge in [0.05, 0.1) is 0 Å². The van der Waals surface area contributed by atoms with E-state index in [1.807, 2.05) is 0 Å². The Balaban J connectivity index is 4.02. The Morgan fingerprint density at radius 3 is 2.08 bits per heavy atom. The van der Waals surface area contributed by atoms with Crippen molar-refractivity contribution in [1.29, 1.82) is 0 Å². The second kappa shape index (κ2) is 4.71. The fourth-order valence-electron chi connectivity index (χ4n) is 0.737. The Kier molecular flexibility index (Phi) is 4.28. The van der Waals surface area contributed by atoms with E-state index in [-0.39, 0.29) is 0 Å². The van der Waals surface area contributed by atoms with Crippen molar-refractivity contribution in [3.63, 3.8) is 0 Å². The van der Waals surface area contributed by atoms with Crippen LogP contribution < -0.4 is 5.32 Å². The maximum atomic E-state index is 10.4. The molecule has 2 atom stereocenters. The summed E-state index contributed by atoms with van der Waals surface area (Å²) in [5.41, 5.74) is 0. The Morgan fingerprint density at radius 2 is 1.83 bits per heavy atom. The molecule has 0 rings (SSSR count). The van der Waals surface area contributed by atoms with Crippen LogP contribution in [0, 0.1) is 0 Å². The average molecular weight is 175 g/mol. The number of hydrogen-bond donors (Lipinski definition) is 3. The summed E-state index contributed by atoms with van der Waals surface area (Å²) in [7, 11) is 0. The lowest BCUT2D eigenvalue weighted by Gasteiger charge is -2.14. The summed E-state index contributed by atoms with van der Waals surface area (Å²) in [6.07, 6.45) is 0.368. The highest BCUT2D eigenvalue weighted by molar-refractivity contribution is 5.77. The Morgan fingerprint density at radius 1 is 1.33 bits per heavy atom. The fraction of sp³-hybridized carbons (Fsp3) is 0.714. The molecule has 0 unspecified atom stereocenters. The normalized spacial score (nSPS) is 15.2. The maximum absolute atomic E-state index is 10.4. The molecule has 0 aromatic rings. The number of aliphatic carboxylic acids is 2. The predicted molar refractivity (Wildman–Crippen MR) is 41.9 cm³/mol. The lowest BCUT2D eigenvalue weighted by atomic mass is 10.2. The molecule has 0 saturated heterocycles. The van der Waals surface area contributed by atoms with Crippen molar-refractivity contribution in [1.82, 2.24) is 5.32 Å². The van der Waals surface area contributed by atoms with Gasteiger partial charge < -0.3 is 10.2 Å². The molecular formula is C7H13NO4. The van der Waals surface area contributed by atoms with Crippen LogP contribution in [-0.4, -0.2) is 34.2 Å². The van der Waals surface area contributed by atoms with Crippen molar-refractivity contribution >= 4 is 11.9 Å². The molecule has 0 spiro atoms. The first-order chi connectivity index (χ1) is 5.49. The van der Waals surface area contributed by atoms with E-state index in [0.717, 1.165) is 0 Å². The molecule has 0 fully saturated rings. The van der Waals surface area contributed by atoms with E-state index >= 15 is 0 Å². The molecule has 3 N–H and O–H groups in total. The van der Waals surface area contributed by atoms with Gasteiger partial charge in [-0.3, -0.25) is 14.9 Å². The molecule has 0 radical (unpaired) electrons. The van der Waals surface area contributed by atoms with E-state index in [2.05, 4.69) is 5.32 Å². The van der Waals surface area contributed by atoms with Crippen LogP contribution >= 0.6 is 0 Å². The molecule has 0 amide bonds. The van der Waals surface area contributed by atoms with Gasteiger partial charge >= 0.3 is 11.9 Å². The standard InChI is InChI=1S/C7H13NO4/c1-3-5(7(11)12)8-4(2)6(9)10/h4-5,8H,3H2,1-2H3,(H,9,10)(H,11,12)/t4-,5-/m0/s1. The van der Waals surface area contributed by atoms with Gasteiger partial charge in [0.25, 0.3) is 0 Å². The summed E-state index contributed by atoms with van der Waals surface area (Å²) in [4.78, 5) is 20.8. The van der Waals surface area contributed by atoms with E-state index in [9.17, 15) is 9.59 Å². The molecule has 70 valence electrons. The first-order valence-corrected chi connectivity index (χ1v) is 3.70. The number of nitrogens with one attached hydrogen (secondary N) is 1. The van der Waals surface area contributed by atoms with Crippen molar-refractivity contribution in [2.45, 2.75) is 32.4 Å². The van der Waals surface area contributed by atoms with E-state index in [1.54, 1.807) is 6.92 Å². The third-order valence-electron chi connectivity index (χ3n) is 1.53. The smallest absolute Gasteiger partial charge is 0.320 e. The summed E-state index contributed by atoms with van der Waals surface area (Å²) in [6, 6.07) is -1.61. The Bertz CT molecular complexity index is 180. The van der Waals surface area contributed by atoms with Crippen LogP contribution in [0.4, 0.5) is 0 Å². The lowest BCUT2D eigenvalue weighted by molar-refractivity contribution is -0.142. The van der Waals surface area contributed by atoms with Crippen LogP contribution in [-0.2, 0) is 9.59 Å². The van der Waals surface area contributed by atoms with Crippen molar-refractivity contribution in [2.24, 2.45) is 0 Å². The van der Waals surface area contributed by atoms with Crippen LogP contribution in [0.5, 0.6) is 0 Å². The van der Waals surface area contributed by atoms with E-state index in [4.69, 9.17) is 10.2 Å². The third kappa shape index (κ3) is 3.34. The van der Waals surface area contributed by atoms with Gasteiger partial charge in [-0.1, -0.05) is 6.92 Å². The van der Waals surface area contributed by atoms with Gasteiger partial charge in [-0.2, -0.15) is 0 Å². The lowest BCUT2D eigenvalue weighted by Crippen LogP contribution is -2.45. The second-order valence-electron chi connectivity index (χ2n) is 2.53. The van der Waals surface area contributed by atoms with Gasteiger partial charge in [-0.25, -0.2) is 0 Å². The molecule has 0 saturated carbocycles. The molecule has 0 aliphatic heterocycles. The SMILES string of the molecule is CC[C@H](N[C@@H](C)C(=O)O)C(=O)O. The summed E-state index contributed by atoms with van der Waals surface area (Å²) in [5.74, 6) is -2.07. The molecule has 5 nitrogen and oxygen atoms in total. The predicted octanol–water partition coefficient (Wildman–Crippen LogP) is -0.0877. The van der Waals surface area contributed by atoms with Gasteiger partial charge in [0.2, 0.25) is 0 Å². The number of rotatable bonds is 5. The highest BCUT2D eigenvalue weighted by atomic mass is 16.4. The largest absolute Gasteiger partial charge is 0.480 e. The number of carbonyl (C=O) groups is 2. The van der Waals surface area contributed by atoms with Crippen LogP contribution in [0.1, 0.15) is 20.3 Å². The van der Waals surface area contributed by atoms with Crippen molar-refractivity contribution in [3.05, 3.63) is 0 Å². The highest BCUT2D eigenvalue weighted by Gasteiger charge is 2.20. The summed E-state index contributed by atoms with van der Waals surface area (Å²) in [5, 5.41) is 19.5. The zero-order valence-electron chi connectivity index (χ0n) is 7.07. The Labute approximate surface area is 70.4 Å². The number of hydrogen-bond acceptors (Lipinski definition) is 3. The molecular weight excluding hydrogens is 162 g/mol. The summed E-state index contributed by atoms with van der Waals surface area (Å²) < 4.78 is 0. The second-order valence-corrected chi connectivity index (χ2v) is 2.53. The first-order valence-electron chi connectivity index (χ1n) is 3.70. The van der Waals surface area contributed by atoms with Crippen molar-refractivity contribution in [2.75, 3.05) is 0 Å². The van der Waals surface area contributed by atoms with E-state index < -0.39 is 24.0 Å². The monoisotopic (exact) mass is 175 g/mol. The molecule has 12 heavy (non-hydrogen) atoms. The fourth-order valence-corrected chi connectivity index (χ4v) is 0.737. The van der Waals surface area contributed by atoms with Crippen LogP contribution in [0.2, 0.25) is 0 Å². The molecule has 0 aliphatic carbocycles. The molecule has 0 aromatic heterocycles. The van der Waals surface area contributed by atoms with E-state index in [0.29, 0.717) is 6.42 Å². The highest BCUT2D eigenvalue weighted by Crippen LogP contribution is 1.93. The molecule has 5 heteroatoms. The molecule has 0 aromatic carbocycles. The third-order valence-corrected chi connectivity index (χ3v) is 1.53. The molecule has 0 bridgehead atoms. The van der Waals surface area contributed by atoms with Gasteiger partial charge in [0, 0.05) is 0 Å². The maximum Gasteiger partial charge on any atom is 0.320 e. The Hall–Kier alpha value is -1.10. The topological polar surface area (TPSA) is 86.6 Å². The minimum atomic E-state index is -1.05. The van der Waals surface area contributed by atoms with E-state index in [1.165, 1.54) is 6.92 Å². The van der Waals surface area contributed by atoms with Crippen LogP contribution in [0.15, 0.2) is 0 Å².